The lowest BCUT2D eigenvalue weighted by atomic mass is 9.66. The van der Waals surface area contributed by atoms with Crippen molar-refractivity contribution in [2.24, 2.45) is 0 Å². The third-order valence-corrected chi connectivity index (χ3v) is 23.1. The molecule has 0 N–H and O–H groups in total. The Labute approximate surface area is 711 Å². The van der Waals surface area contributed by atoms with Crippen LogP contribution in [0.25, 0.3) is 65.7 Å². The maximum absolute atomic E-state index is 6.18. The monoisotopic (exact) mass is 1580 g/mol. The van der Waals surface area contributed by atoms with Crippen LogP contribution in [0.5, 0.6) is 28.7 Å². The number of hydrogen-bond donors (Lipinski definition) is 0. The van der Waals surface area contributed by atoms with Crippen molar-refractivity contribution in [1.82, 2.24) is 0 Å². The highest BCUT2D eigenvalue weighted by Crippen LogP contribution is 2.59. The molecule has 1 aromatic heterocycles. The van der Waals surface area contributed by atoms with Crippen molar-refractivity contribution in [2.75, 3.05) is 27.4 Å². The summed E-state index contributed by atoms with van der Waals surface area (Å²) in [6.07, 6.45) is 4.53. The van der Waals surface area contributed by atoms with Crippen LogP contribution in [0, 0.1) is 132 Å². The Hall–Kier alpha value is -11.6. The summed E-state index contributed by atoms with van der Waals surface area (Å²) in [6, 6.07) is 86.3. The number of methoxy groups -OCH3 is 2. The number of benzene rings is 14. The molecule has 1 aliphatic heterocycles. The Bertz CT molecular complexity index is 5790. The molecule has 0 radical (unpaired) electrons. The van der Waals surface area contributed by atoms with E-state index in [1.807, 2.05) is 38.1 Å². The summed E-state index contributed by atoms with van der Waals surface area (Å²) in [5.74, 6) is 4.72. The van der Waals surface area contributed by atoms with E-state index < -0.39 is 0 Å². The fourth-order valence-electron chi connectivity index (χ4n) is 16.4. The van der Waals surface area contributed by atoms with Crippen LogP contribution in [0.1, 0.15) is 187 Å². The summed E-state index contributed by atoms with van der Waals surface area (Å²) < 4.78 is 34.4. The second-order valence-corrected chi connectivity index (χ2v) is 34.0. The van der Waals surface area contributed by atoms with E-state index in [0.29, 0.717) is 0 Å². The van der Waals surface area contributed by atoms with E-state index in [9.17, 15) is 0 Å². The van der Waals surface area contributed by atoms with Gasteiger partial charge < -0.3 is 28.1 Å². The van der Waals surface area contributed by atoms with Gasteiger partial charge in [0.05, 0.1) is 32.8 Å². The lowest BCUT2D eigenvalue weighted by Gasteiger charge is -2.35. The number of fused-ring (bicyclic) bond motifs is 12. The van der Waals surface area contributed by atoms with Gasteiger partial charge in [-0.05, 0) is 311 Å². The second-order valence-electron chi connectivity index (χ2n) is 34.0. The molecule has 2 aliphatic rings. The van der Waals surface area contributed by atoms with Gasteiger partial charge in [0.25, 0.3) is 0 Å². The summed E-state index contributed by atoms with van der Waals surface area (Å²) >= 11 is 0. The molecule has 14 aromatic carbocycles. The highest BCUT2D eigenvalue weighted by Gasteiger charge is 2.47. The number of ether oxygens (including phenoxy) is 5. The summed E-state index contributed by atoms with van der Waals surface area (Å²) in [5, 5.41) is 7.42. The van der Waals surface area contributed by atoms with Crippen LogP contribution in [0.2, 0.25) is 0 Å². The van der Waals surface area contributed by atoms with E-state index in [0.717, 1.165) is 112 Å². The summed E-state index contributed by atoms with van der Waals surface area (Å²) in [7, 11) is 3.36. The van der Waals surface area contributed by atoms with Crippen LogP contribution in [-0.4, -0.2) is 27.4 Å². The van der Waals surface area contributed by atoms with Gasteiger partial charge in [0, 0.05) is 21.9 Å². The Balaban J connectivity index is 0.000000142. The first-order chi connectivity index (χ1) is 56.8. The predicted octanol–water partition coefficient (Wildman–Crippen LogP) is 30.9. The van der Waals surface area contributed by atoms with Crippen molar-refractivity contribution in [3.05, 3.63) is 370 Å². The van der Waals surface area contributed by atoms with Crippen LogP contribution in [0.15, 0.2) is 241 Å². The molecule has 0 bridgehead atoms. The molecule has 0 spiro atoms. The Morgan fingerprint density at radius 2 is 0.630 bits per heavy atom. The molecule has 0 saturated carbocycles. The van der Waals surface area contributed by atoms with Gasteiger partial charge in [-0.15, -0.1) is 0 Å². The average molecular weight is 1580 g/mol. The van der Waals surface area contributed by atoms with E-state index >= 15 is 0 Å². The maximum Gasteiger partial charge on any atom is 0.135 e. The number of aryl methyl sites for hydroxylation is 19. The Morgan fingerprint density at radius 3 is 1.07 bits per heavy atom. The van der Waals surface area contributed by atoms with E-state index in [2.05, 4.69) is 358 Å². The minimum atomic E-state index is -0.354. The van der Waals surface area contributed by atoms with E-state index in [1.54, 1.807) is 14.2 Å². The van der Waals surface area contributed by atoms with Gasteiger partial charge in [0.15, 0.2) is 0 Å². The number of hydrogen-bond acceptors (Lipinski definition) is 6. The van der Waals surface area contributed by atoms with Crippen molar-refractivity contribution in [1.29, 1.82) is 0 Å². The SMILES string of the molecule is CCCCOc1cc(C)c(OCCCC)cc1C.COc1cc2c(cc1C)oc1cc(C)c(OC)cc12.Cc1cc(C)c(C)cc1C.Cc1cc(C)cc(C)c1.Cc1ccc(C2(c3ccc(C)cc3)c3cc(C)ccc3-c3ccc4cc(C)ccc4c32)cc1.Cc1ccc2c(c1)OC(C)(C)c1cc(C)ccc1-2.Cc1ccc2cc(C)ccc2c1. The first-order valence-electron chi connectivity index (χ1n) is 42.5. The van der Waals surface area contributed by atoms with Crippen molar-refractivity contribution in [2.45, 2.75) is 196 Å². The summed E-state index contributed by atoms with van der Waals surface area (Å²) in [6.45, 7) is 50.6. The van der Waals surface area contributed by atoms with Gasteiger partial charge >= 0.3 is 0 Å². The third kappa shape index (κ3) is 20.8. The molecular weight excluding hydrogens is 1450 g/mol. The maximum atomic E-state index is 6.18. The van der Waals surface area contributed by atoms with Gasteiger partial charge in [-0.25, -0.2) is 0 Å². The number of unbranched alkanes of at least 4 members (excludes halogenated alkanes) is 2. The first-order valence-corrected chi connectivity index (χ1v) is 42.5. The van der Waals surface area contributed by atoms with Gasteiger partial charge in [0.1, 0.15) is 45.5 Å². The molecule has 0 unspecified atom stereocenters. The Kier molecular flexibility index (Phi) is 28.8. The highest BCUT2D eigenvalue weighted by molar-refractivity contribution is 6.07. The second kappa shape index (κ2) is 38.9. The minimum Gasteiger partial charge on any atom is -0.496 e. The fraction of sp³-hybridized carbons (Fsp3) is 0.292. The quantitative estimate of drug-likeness (QED) is 0.114. The van der Waals surface area contributed by atoms with Crippen LogP contribution >= 0.6 is 0 Å². The van der Waals surface area contributed by atoms with E-state index in [1.165, 1.54) is 155 Å². The lowest BCUT2D eigenvalue weighted by molar-refractivity contribution is 0.105. The molecule has 15 aromatic rings. The fourth-order valence-corrected chi connectivity index (χ4v) is 16.4. The van der Waals surface area contributed by atoms with Gasteiger partial charge in [-0.3, -0.25) is 0 Å². The van der Waals surface area contributed by atoms with Crippen LogP contribution in [0.4, 0.5) is 0 Å². The van der Waals surface area contributed by atoms with Crippen molar-refractivity contribution >= 4 is 43.5 Å². The molecule has 6 nitrogen and oxygen atoms in total. The molecular formula is C113H126O6. The Morgan fingerprint density at radius 1 is 0.277 bits per heavy atom. The topological polar surface area (TPSA) is 59.3 Å². The molecule has 614 valence electrons. The molecule has 119 heavy (non-hydrogen) atoms. The average Bonchev–Trinajstić information content (AvgIpc) is 1.54. The number of furan rings is 1. The highest BCUT2D eigenvalue weighted by atomic mass is 16.5. The molecule has 17 rings (SSSR count). The van der Waals surface area contributed by atoms with Crippen molar-refractivity contribution in [3.8, 4) is 51.0 Å². The molecule has 0 saturated heterocycles. The molecule has 1 aliphatic carbocycles. The predicted molar refractivity (Wildman–Crippen MR) is 508 cm³/mol. The lowest BCUT2D eigenvalue weighted by Crippen LogP contribution is -2.29. The normalized spacial score (nSPS) is 12.1. The first kappa shape index (κ1) is 88.2. The summed E-state index contributed by atoms with van der Waals surface area (Å²) in [4.78, 5) is 0. The third-order valence-electron chi connectivity index (χ3n) is 23.1. The van der Waals surface area contributed by atoms with Crippen LogP contribution in [0.3, 0.4) is 0 Å². The van der Waals surface area contributed by atoms with Crippen LogP contribution < -0.4 is 23.7 Å². The minimum absolute atomic E-state index is 0.262. The van der Waals surface area contributed by atoms with Gasteiger partial charge in [-0.2, -0.15) is 0 Å². The summed E-state index contributed by atoms with van der Waals surface area (Å²) in [5.41, 5.74) is 37.5. The zero-order chi connectivity index (χ0) is 85.7. The van der Waals surface area contributed by atoms with Crippen molar-refractivity contribution in [3.63, 3.8) is 0 Å². The number of rotatable bonds is 12. The van der Waals surface area contributed by atoms with E-state index in [-0.39, 0.29) is 11.0 Å². The van der Waals surface area contributed by atoms with Gasteiger partial charge in [0.2, 0.25) is 0 Å². The smallest absolute Gasteiger partial charge is 0.135 e. The standard InChI is InChI=1S/C33H28.C17H18O.C16H16O3.C16H26O2.C12H12.C10H14.C9H12/c1-21-5-12-26(13-6-21)33(27-14-7-22(2)8-15-27)31-20-24(4)10-17-29(31)30-18-11-25-19-23(3)9-16-28(25)32(30)33;1-11-5-7-13-14-8-6-12(2)10-16(14)18-17(3,4)15(13)9-11;1-9-5-15-11(7-13(9)17-3)12-8-14(18-4)10(2)6-16(12)19-15;1-5-7-9-17-15-11-14(4)16(12-13(15)3)18-10-8-6-2;1-9-3-5-12-8-10(2)4-6-11(12)7-9;1-7-5-9(3)10(4)6-8(7)2;1-7-4-8(2)6-9(3)5-7/h5-20H,1-4H3;5-10H,1-4H3;5-8H,1-4H3;11-12H,5-10H2,1-4H3;3-8H,1-2H3;5-6H,1-4H3;4-6H,1-3H3. The van der Waals surface area contributed by atoms with E-state index in [4.69, 9.17) is 28.1 Å². The zero-order valence-electron chi connectivity index (χ0n) is 75.7. The largest absolute Gasteiger partial charge is 0.496 e. The molecule has 0 fully saturated rings. The van der Waals surface area contributed by atoms with Gasteiger partial charge in [-0.1, -0.05) is 276 Å². The molecule has 0 atom stereocenters. The van der Waals surface area contributed by atoms with Crippen LogP contribution in [-0.2, 0) is 11.0 Å². The van der Waals surface area contributed by atoms with Crippen molar-refractivity contribution < 1.29 is 28.1 Å². The molecule has 2 heterocycles. The zero-order valence-corrected chi connectivity index (χ0v) is 75.7. The molecule has 0 amide bonds. The molecule has 6 heteroatoms.